The van der Waals surface area contributed by atoms with Gasteiger partial charge in [-0.2, -0.15) is 0 Å². The van der Waals surface area contributed by atoms with E-state index in [1.807, 2.05) is 24.8 Å². The SMILES string of the molecule is CCc1ccc2c(c1)C(Cc1ccncc1)(Cc1ccncc1)c1ccccc1-2. The van der Waals surface area contributed by atoms with Crippen LogP contribution < -0.4 is 0 Å². The first kappa shape index (κ1) is 17.8. The summed E-state index contributed by atoms with van der Waals surface area (Å²) in [4.78, 5) is 8.47. The lowest BCUT2D eigenvalue weighted by Gasteiger charge is -2.33. The van der Waals surface area contributed by atoms with Crippen molar-refractivity contribution in [2.24, 2.45) is 0 Å². The quantitative estimate of drug-likeness (QED) is 0.440. The van der Waals surface area contributed by atoms with Gasteiger partial charge in [0.05, 0.1) is 0 Å². The van der Waals surface area contributed by atoms with Gasteiger partial charge in [-0.05, 0) is 82.5 Å². The maximum Gasteiger partial charge on any atom is 0.0295 e. The average molecular weight is 377 g/mol. The molecule has 1 aliphatic carbocycles. The molecule has 5 rings (SSSR count). The van der Waals surface area contributed by atoms with E-state index in [1.165, 1.54) is 38.9 Å². The normalized spacial score (nSPS) is 13.7. The lowest BCUT2D eigenvalue weighted by Crippen LogP contribution is -2.31. The van der Waals surface area contributed by atoms with Gasteiger partial charge in [0.25, 0.3) is 0 Å². The van der Waals surface area contributed by atoms with Crippen LogP contribution in [-0.2, 0) is 24.7 Å². The van der Waals surface area contributed by atoms with Crippen molar-refractivity contribution in [3.05, 3.63) is 119 Å². The zero-order chi connectivity index (χ0) is 19.7. The van der Waals surface area contributed by atoms with Gasteiger partial charge >= 0.3 is 0 Å². The molecule has 0 amide bonds. The van der Waals surface area contributed by atoms with Crippen molar-refractivity contribution in [1.82, 2.24) is 9.97 Å². The van der Waals surface area contributed by atoms with Gasteiger partial charge in [0.2, 0.25) is 0 Å². The summed E-state index contributed by atoms with van der Waals surface area (Å²) >= 11 is 0. The Morgan fingerprint density at radius 1 is 0.621 bits per heavy atom. The standard InChI is InChI=1S/C27H24N2/c1-2-20-7-8-24-23-5-3-4-6-25(23)27(26(24)17-20,18-21-9-13-28-14-10-21)19-22-11-15-29-16-12-22/h3-17H,2,18-19H2,1H3. The molecule has 0 radical (unpaired) electrons. The molecule has 0 saturated heterocycles. The van der Waals surface area contributed by atoms with Crippen molar-refractivity contribution in [2.45, 2.75) is 31.6 Å². The third-order valence-corrected chi connectivity index (χ3v) is 6.25. The molecule has 29 heavy (non-hydrogen) atoms. The predicted octanol–water partition coefficient (Wildman–Crippen LogP) is 5.79. The monoisotopic (exact) mass is 376 g/mol. The van der Waals surface area contributed by atoms with Crippen molar-refractivity contribution in [2.75, 3.05) is 0 Å². The summed E-state index contributed by atoms with van der Waals surface area (Å²) in [7, 11) is 0. The molecule has 0 aliphatic heterocycles. The van der Waals surface area contributed by atoms with Gasteiger partial charge in [0, 0.05) is 30.2 Å². The summed E-state index contributed by atoms with van der Waals surface area (Å²) < 4.78 is 0. The van der Waals surface area contributed by atoms with Crippen LogP contribution in [0.5, 0.6) is 0 Å². The van der Waals surface area contributed by atoms with Crippen LogP contribution in [0.1, 0.15) is 34.7 Å². The topological polar surface area (TPSA) is 25.8 Å². The van der Waals surface area contributed by atoms with E-state index in [0.29, 0.717) is 0 Å². The van der Waals surface area contributed by atoms with Crippen molar-refractivity contribution in [3.8, 4) is 11.1 Å². The molecule has 0 saturated carbocycles. The van der Waals surface area contributed by atoms with Crippen molar-refractivity contribution in [3.63, 3.8) is 0 Å². The lowest BCUT2D eigenvalue weighted by atomic mass is 9.69. The molecule has 0 bridgehead atoms. The number of pyridine rings is 2. The molecule has 2 aromatic carbocycles. The highest BCUT2D eigenvalue weighted by molar-refractivity contribution is 5.82. The Bertz CT molecular complexity index is 1090. The van der Waals surface area contributed by atoms with Crippen LogP contribution in [0.2, 0.25) is 0 Å². The Morgan fingerprint density at radius 3 is 1.83 bits per heavy atom. The van der Waals surface area contributed by atoms with Gasteiger partial charge in [-0.1, -0.05) is 49.4 Å². The molecule has 0 N–H and O–H groups in total. The molecule has 0 atom stereocenters. The van der Waals surface area contributed by atoms with Gasteiger partial charge < -0.3 is 0 Å². The molecule has 1 aliphatic rings. The first-order chi connectivity index (χ1) is 14.3. The van der Waals surface area contributed by atoms with E-state index in [9.17, 15) is 0 Å². The number of hydrogen-bond acceptors (Lipinski definition) is 2. The third-order valence-electron chi connectivity index (χ3n) is 6.25. The molecular weight excluding hydrogens is 352 g/mol. The predicted molar refractivity (Wildman–Crippen MR) is 118 cm³/mol. The smallest absolute Gasteiger partial charge is 0.0295 e. The highest BCUT2D eigenvalue weighted by atomic mass is 14.6. The van der Waals surface area contributed by atoms with Crippen molar-refractivity contribution >= 4 is 0 Å². The van der Waals surface area contributed by atoms with Crippen LogP contribution in [0.15, 0.2) is 91.5 Å². The van der Waals surface area contributed by atoms with E-state index >= 15 is 0 Å². The minimum atomic E-state index is -0.0974. The van der Waals surface area contributed by atoms with Crippen LogP contribution >= 0.6 is 0 Å². The molecular formula is C27H24N2. The van der Waals surface area contributed by atoms with E-state index < -0.39 is 0 Å². The molecule has 0 unspecified atom stereocenters. The van der Waals surface area contributed by atoms with E-state index in [-0.39, 0.29) is 5.41 Å². The highest BCUT2D eigenvalue weighted by Gasteiger charge is 2.43. The third kappa shape index (κ3) is 3.05. The highest BCUT2D eigenvalue weighted by Crippen LogP contribution is 2.52. The van der Waals surface area contributed by atoms with Gasteiger partial charge in [-0.15, -0.1) is 0 Å². The Hall–Kier alpha value is -3.26. The zero-order valence-electron chi connectivity index (χ0n) is 16.7. The van der Waals surface area contributed by atoms with Crippen LogP contribution in [-0.4, -0.2) is 9.97 Å². The van der Waals surface area contributed by atoms with Gasteiger partial charge in [0.1, 0.15) is 0 Å². The fraction of sp³-hybridized carbons (Fsp3) is 0.185. The molecule has 142 valence electrons. The number of rotatable bonds is 5. The average Bonchev–Trinajstić information content (AvgIpc) is 3.04. The number of aryl methyl sites for hydroxylation is 1. The van der Waals surface area contributed by atoms with Crippen LogP contribution in [0.25, 0.3) is 11.1 Å². The number of hydrogen-bond donors (Lipinski definition) is 0. The Balaban J connectivity index is 1.76. The van der Waals surface area contributed by atoms with Crippen LogP contribution in [0, 0.1) is 0 Å². The molecule has 2 heteroatoms. The lowest BCUT2D eigenvalue weighted by molar-refractivity contribution is 0.519. The molecule has 4 aromatic rings. The van der Waals surface area contributed by atoms with Crippen LogP contribution in [0.3, 0.4) is 0 Å². The van der Waals surface area contributed by atoms with E-state index in [2.05, 4.69) is 83.6 Å². The molecule has 2 nitrogen and oxygen atoms in total. The molecule has 0 spiro atoms. The largest absolute Gasteiger partial charge is 0.265 e. The molecule has 0 fully saturated rings. The fourth-order valence-electron chi connectivity index (χ4n) is 4.86. The minimum absolute atomic E-state index is 0.0974. The van der Waals surface area contributed by atoms with E-state index in [4.69, 9.17) is 0 Å². The summed E-state index contributed by atoms with van der Waals surface area (Å²) in [6.45, 7) is 2.23. The number of nitrogens with zero attached hydrogens (tertiary/aromatic N) is 2. The van der Waals surface area contributed by atoms with Gasteiger partial charge in [0.15, 0.2) is 0 Å². The Morgan fingerprint density at radius 2 is 1.21 bits per heavy atom. The minimum Gasteiger partial charge on any atom is -0.265 e. The van der Waals surface area contributed by atoms with Gasteiger partial charge in [-0.3, -0.25) is 9.97 Å². The van der Waals surface area contributed by atoms with Crippen molar-refractivity contribution in [1.29, 1.82) is 0 Å². The molecule has 2 aromatic heterocycles. The first-order valence-electron chi connectivity index (χ1n) is 10.3. The fourth-order valence-corrected chi connectivity index (χ4v) is 4.86. The zero-order valence-corrected chi connectivity index (χ0v) is 16.7. The Labute approximate surface area is 172 Å². The number of benzene rings is 2. The second-order valence-corrected chi connectivity index (χ2v) is 7.93. The summed E-state index contributed by atoms with van der Waals surface area (Å²) in [5.41, 5.74) is 9.56. The second-order valence-electron chi connectivity index (χ2n) is 7.93. The number of aromatic nitrogens is 2. The van der Waals surface area contributed by atoms with E-state index in [1.54, 1.807) is 0 Å². The maximum absolute atomic E-state index is 4.23. The van der Waals surface area contributed by atoms with Crippen molar-refractivity contribution < 1.29 is 0 Å². The summed E-state index contributed by atoms with van der Waals surface area (Å²) in [5.74, 6) is 0. The summed E-state index contributed by atoms with van der Waals surface area (Å²) in [6.07, 6.45) is 10.6. The van der Waals surface area contributed by atoms with E-state index in [0.717, 1.165) is 19.3 Å². The van der Waals surface area contributed by atoms with Crippen LogP contribution in [0.4, 0.5) is 0 Å². The number of fused-ring (bicyclic) bond motifs is 3. The summed E-state index contributed by atoms with van der Waals surface area (Å²) in [5, 5.41) is 0. The summed E-state index contributed by atoms with van der Waals surface area (Å²) in [6, 6.07) is 24.6. The first-order valence-corrected chi connectivity index (χ1v) is 10.3. The van der Waals surface area contributed by atoms with Gasteiger partial charge in [-0.25, -0.2) is 0 Å². The Kier molecular flexibility index (Phi) is 4.48. The second kappa shape index (κ2) is 7.29. The maximum atomic E-state index is 4.23. The molecule has 2 heterocycles.